The van der Waals surface area contributed by atoms with Crippen LogP contribution < -0.4 is 20.3 Å². The minimum absolute atomic E-state index is 0.0535. The summed E-state index contributed by atoms with van der Waals surface area (Å²) in [5.74, 6) is 0.724. The van der Waals surface area contributed by atoms with Crippen molar-refractivity contribution in [3.8, 4) is 17.0 Å². The Hall–Kier alpha value is -6.15. The molecule has 3 fully saturated rings. The number of aryl methyl sites for hydroxylation is 1. The van der Waals surface area contributed by atoms with Crippen LogP contribution in [0.15, 0.2) is 65.4 Å². The average Bonchev–Trinajstić information content (AvgIpc) is 3.87. The molecule has 14 nitrogen and oxygen atoms in total. The zero-order chi connectivity index (χ0) is 41.9. The molecule has 9 rings (SSSR count). The molecule has 2 saturated heterocycles. The molecule has 0 unspecified atom stereocenters. The molecule has 3 aromatic heterocycles. The lowest BCUT2D eigenvalue weighted by Crippen LogP contribution is -2.53. The van der Waals surface area contributed by atoms with Crippen molar-refractivity contribution >= 4 is 45.3 Å². The number of ether oxygens (including phenoxy) is 1. The van der Waals surface area contributed by atoms with Crippen LogP contribution >= 0.6 is 0 Å². The first-order valence-corrected chi connectivity index (χ1v) is 20.9. The molecule has 1 saturated carbocycles. The third-order valence-corrected chi connectivity index (χ3v) is 12.7. The molecular formula is C46H51N9O5. The SMILES string of the molecule is COc1cc2c(cc1N1CCN(C3CC(c4ccc([C@H]5CCC(=O)NC5=O)cc4)C3)CC1)[nH]c1ncnc(-c3ccc([C@@H](C)NC(=O)c4nc(C(C)(C)C)no4)c(C)c3)c12. The summed E-state index contributed by atoms with van der Waals surface area (Å²) in [6.07, 6.45) is 4.81. The summed E-state index contributed by atoms with van der Waals surface area (Å²) in [7, 11) is 1.73. The molecule has 3 aliphatic rings. The van der Waals surface area contributed by atoms with Gasteiger partial charge >= 0.3 is 11.8 Å². The Kier molecular flexibility index (Phi) is 10.1. The van der Waals surface area contributed by atoms with Gasteiger partial charge in [-0.1, -0.05) is 62.3 Å². The number of aromatic amines is 1. The maximum atomic E-state index is 13.0. The van der Waals surface area contributed by atoms with Gasteiger partial charge in [-0.2, -0.15) is 4.98 Å². The zero-order valence-electron chi connectivity index (χ0n) is 35.0. The van der Waals surface area contributed by atoms with Crippen molar-refractivity contribution in [1.29, 1.82) is 0 Å². The number of H-pyrrole nitrogens is 1. The molecule has 0 spiro atoms. The number of methoxy groups -OCH3 is 1. The smallest absolute Gasteiger partial charge is 0.315 e. The molecule has 14 heteroatoms. The third kappa shape index (κ3) is 7.37. The maximum absolute atomic E-state index is 13.0. The second kappa shape index (κ2) is 15.5. The molecule has 60 heavy (non-hydrogen) atoms. The van der Waals surface area contributed by atoms with E-state index in [0.717, 1.165) is 100 Å². The normalized spacial score (nSPS) is 20.6. The fourth-order valence-corrected chi connectivity index (χ4v) is 9.13. The van der Waals surface area contributed by atoms with Gasteiger partial charge in [-0.15, -0.1) is 0 Å². The minimum atomic E-state index is -0.415. The summed E-state index contributed by atoms with van der Waals surface area (Å²) in [6, 6.07) is 19.2. The van der Waals surface area contributed by atoms with E-state index < -0.39 is 5.91 Å². The lowest BCUT2D eigenvalue weighted by atomic mass is 9.74. The summed E-state index contributed by atoms with van der Waals surface area (Å²) >= 11 is 0. The van der Waals surface area contributed by atoms with Crippen molar-refractivity contribution < 1.29 is 23.6 Å². The van der Waals surface area contributed by atoms with Gasteiger partial charge in [0.05, 0.1) is 41.4 Å². The molecule has 2 atom stereocenters. The van der Waals surface area contributed by atoms with Gasteiger partial charge in [0.15, 0.2) is 5.82 Å². The number of nitrogens with zero attached hydrogens (tertiary/aromatic N) is 6. The number of piperazine rings is 1. The lowest BCUT2D eigenvalue weighted by molar-refractivity contribution is -0.134. The van der Waals surface area contributed by atoms with Crippen LogP contribution in [0, 0.1) is 6.92 Å². The van der Waals surface area contributed by atoms with Gasteiger partial charge < -0.3 is 24.5 Å². The van der Waals surface area contributed by atoms with Gasteiger partial charge in [-0.3, -0.25) is 24.6 Å². The van der Waals surface area contributed by atoms with Crippen molar-refractivity contribution in [1.82, 2.24) is 40.6 Å². The molecule has 3 aromatic carbocycles. The second-order valence-corrected chi connectivity index (χ2v) is 17.6. The van der Waals surface area contributed by atoms with Crippen LogP contribution in [-0.4, -0.2) is 87.0 Å². The molecule has 1 aliphatic carbocycles. The van der Waals surface area contributed by atoms with Crippen LogP contribution in [0.3, 0.4) is 0 Å². The Morgan fingerprint density at radius 1 is 0.983 bits per heavy atom. The molecule has 3 amide bonds. The lowest BCUT2D eigenvalue weighted by Gasteiger charge is -2.47. The summed E-state index contributed by atoms with van der Waals surface area (Å²) in [5.41, 5.74) is 8.48. The predicted octanol–water partition coefficient (Wildman–Crippen LogP) is 6.86. The van der Waals surface area contributed by atoms with Gasteiger partial charge in [-0.25, -0.2) is 9.97 Å². The number of hydrogen-bond acceptors (Lipinski definition) is 11. The summed E-state index contributed by atoms with van der Waals surface area (Å²) in [6.45, 7) is 13.6. The fourth-order valence-electron chi connectivity index (χ4n) is 9.13. The second-order valence-electron chi connectivity index (χ2n) is 17.6. The number of fused-ring (bicyclic) bond motifs is 3. The largest absolute Gasteiger partial charge is 0.495 e. The van der Waals surface area contributed by atoms with Crippen molar-refractivity contribution in [2.24, 2.45) is 0 Å². The molecule has 310 valence electrons. The van der Waals surface area contributed by atoms with E-state index in [0.29, 0.717) is 30.6 Å². The summed E-state index contributed by atoms with van der Waals surface area (Å²) in [4.78, 5) is 59.2. The quantitative estimate of drug-likeness (QED) is 0.130. The maximum Gasteiger partial charge on any atom is 0.315 e. The van der Waals surface area contributed by atoms with Crippen molar-refractivity contribution in [3.63, 3.8) is 0 Å². The van der Waals surface area contributed by atoms with Gasteiger partial charge in [-0.05, 0) is 79.5 Å². The number of anilines is 1. The summed E-state index contributed by atoms with van der Waals surface area (Å²) < 4.78 is 11.3. The molecule has 0 bridgehead atoms. The van der Waals surface area contributed by atoms with E-state index in [1.807, 2.05) is 46.8 Å². The molecule has 6 aromatic rings. The Bertz CT molecular complexity index is 2610. The van der Waals surface area contributed by atoms with Crippen molar-refractivity contribution in [2.75, 3.05) is 38.2 Å². The van der Waals surface area contributed by atoms with Crippen molar-refractivity contribution in [2.45, 2.75) is 89.6 Å². The van der Waals surface area contributed by atoms with Gasteiger partial charge in [0.1, 0.15) is 17.7 Å². The van der Waals surface area contributed by atoms with E-state index in [9.17, 15) is 14.4 Å². The van der Waals surface area contributed by atoms with E-state index in [1.165, 1.54) is 5.56 Å². The number of piperidine rings is 1. The van der Waals surface area contributed by atoms with E-state index in [-0.39, 0.29) is 35.1 Å². The number of rotatable bonds is 9. The van der Waals surface area contributed by atoms with Crippen LogP contribution in [0.5, 0.6) is 5.75 Å². The molecule has 3 N–H and O–H groups in total. The monoisotopic (exact) mass is 809 g/mol. The van der Waals surface area contributed by atoms with E-state index in [4.69, 9.17) is 14.2 Å². The third-order valence-electron chi connectivity index (χ3n) is 12.7. The molecule has 2 aliphatic heterocycles. The Morgan fingerprint density at radius 3 is 2.42 bits per heavy atom. The number of benzene rings is 3. The predicted molar refractivity (Wildman–Crippen MR) is 228 cm³/mol. The highest BCUT2D eigenvalue weighted by molar-refractivity contribution is 6.13. The molecular weight excluding hydrogens is 759 g/mol. The van der Waals surface area contributed by atoms with Crippen LogP contribution in [0.1, 0.15) is 110 Å². The number of aromatic nitrogens is 5. The fraction of sp³-hybridized carbons (Fsp3) is 0.413. The Morgan fingerprint density at radius 2 is 1.73 bits per heavy atom. The van der Waals surface area contributed by atoms with Crippen LogP contribution in [0.2, 0.25) is 0 Å². The standard InChI is InChI=1S/C46H51N9O5/c1-25-19-29(11-12-32(25)26(2)49-43(58)44-52-45(53-60-44)46(3,4)5)40-39-34-22-37(59-6)36(23-35(34)50-41(39)48-24-47-40)55-17-15-54(16-18-55)31-20-30(21-31)27-7-9-28(10-8-27)33-13-14-38(56)51-42(33)57/h7-12,19,22-24,26,30-31,33H,13-18,20-21H2,1-6H3,(H,49,58)(H,47,48,50)(H,51,56,57)/t26-,30?,31?,33-/m1/s1. The summed E-state index contributed by atoms with van der Waals surface area (Å²) in [5, 5.41) is 11.4. The highest BCUT2D eigenvalue weighted by Crippen LogP contribution is 2.43. The van der Waals surface area contributed by atoms with Gasteiger partial charge in [0, 0.05) is 55.0 Å². The number of imide groups is 1. The van der Waals surface area contributed by atoms with Crippen LogP contribution in [-0.2, 0) is 15.0 Å². The highest BCUT2D eigenvalue weighted by atomic mass is 16.5. The zero-order valence-corrected chi connectivity index (χ0v) is 35.0. The average molecular weight is 810 g/mol. The van der Waals surface area contributed by atoms with E-state index >= 15 is 0 Å². The number of hydrogen-bond donors (Lipinski definition) is 3. The Labute approximate surface area is 348 Å². The topological polar surface area (TPSA) is 171 Å². The number of carbonyl (C=O) groups excluding carboxylic acids is 3. The van der Waals surface area contributed by atoms with E-state index in [2.05, 4.69) is 83.0 Å². The van der Waals surface area contributed by atoms with Crippen molar-refractivity contribution in [3.05, 3.63) is 94.9 Å². The first-order valence-electron chi connectivity index (χ1n) is 20.9. The Balaban J connectivity index is 0.863. The highest BCUT2D eigenvalue weighted by Gasteiger charge is 2.37. The van der Waals surface area contributed by atoms with E-state index in [1.54, 1.807) is 13.4 Å². The van der Waals surface area contributed by atoms with Gasteiger partial charge in [0.2, 0.25) is 11.8 Å². The first kappa shape index (κ1) is 39.3. The number of amides is 3. The molecule has 5 heterocycles. The van der Waals surface area contributed by atoms with Crippen LogP contribution in [0.25, 0.3) is 33.2 Å². The molecule has 0 radical (unpaired) electrons. The number of carbonyl (C=O) groups is 3. The van der Waals surface area contributed by atoms with Gasteiger partial charge in [0.25, 0.3) is 0 Å². The first-order chi connectivity index (χ1) is 28.8. The number of nitrogens with one attached hydrogen (secondary N) is 3. The van der Waals surface area contributed by atoms with Crippen LogP contribution in [0.4, 0.5) is 5.69 Å². The minimum Gasteiger partial charge on any atom is -0.495 e.